The molecule has 0 bridgehead atoms. The summed E-state index contributed by atoms with van der Waals surface area (Å²) in [6.45, 7) is 4.21. The maximum atomic E-state index is 13.5. The third-order valence-corrected chi connectivity index (χ3v) is 9.01. The number of fused-ring (bicyclic) bond motifs is 4. The summed E-state index contributed by atoms with van der Waals surface area (Å²) < 4.78 is 10.2. The Morgan fingerprint density at radius 1 is 1.08 bits per heavy atom. The SMILES string of the molecule is CC1(C)CC(=O)C2=C(C1)Oc1ncn3nc(CSc4nc5ccccc5s4)nc3c1[C@H]2c1ccccc1. The predicted octanol–water partition coefficient (Wildman–Crippen LogP) is 6.19. The summed E-state index contributed by atoms with van der Waals surface area (Å²) >= 11 is 3.29. The molecule has 184 valence electrons. The smallest absolute Gasteiger partial charge is 0.228 e. The van der Waals surface area contributed by atoms with Crippen molar-refractivity contribution < 1.29 is 9.53 Å². The van der Waals surface area contributed by atoms with Gasteiger partial charge in [0.25, 0.3) is 0 Å². The van der Waals surface area contributed by atoms with Gasteiger partial charge in [0.15, 0.2) is 21.6 Å². The fourth-order valence-corrected chi connectivity index (χ4v) is 7.19. The van der Waals surface area contributed by atoms with Gasteiger partial charge in [-0.1, -0.05) is 68.1 Å². The Kier molecular flexibility index (Phi) is 5.19. The van der Waals surface area contributed by atoms with Crippen LogP contribution >= 0.6 is 23.1 Å². The number of Topliss-reactive ketones (excluding diaryl/α,β-unsaturated/α-hetero) is 1. The molecule has 2 aromatic carbocycles. The summed E-state index contributed by atoms with van der Waals surface area (Å²) in [7, 11) is 0. The van der Waals surface area contributed by atoms with Crippen molar-refractivity contribution in [2.45, 2.75) is 42.7 Å². The van der Waals surface area contributed by atoms with E-state index in [1.807, 2.05) is 36.4 Å². The Morgan fingerprint density at radius 3 is 2.73 bits per heavy atom. The van der Waals surface area contributed by atoms with E-state index in [0.717, 1.165) is 32.3 Å². The van der Waals surface area contributed by atoms with Crippen LogP contribution in [0.1, 0.15) is 49.6 Å². The highest BCUT2D eigenvalue weighted by molar-refractivity contribution is 8.00. The molecule has 0 N–H and O–H groups in total. The van der Waals surface area contributed by atoms with E-state index < -0.39 is 0 Å². The van der Waals surface area contributed by atoms with Gasteiger partial charge in [0.05, 0.1) is 21.5 Å². The van der Waals surface area contributed by atoms with Crippen molar-refractivity contribution in [1.82, 2.24) is 24.6 Å². The van der Waals surface area contributed by atoms with Crippen LogP contribution in [-0.2, 0) is 10.5 Å². The Morgan fingerprint density at radius 2 is 1.89 bits per heavy atom. The van der Waals surface area contributed by atoms with E-state index in [1.165, 1.54) is 4.70 Å². The molecule has 0 radical (unpaired) electrons. The monoisotopic (exact) mass is 525 g/mol. The zero-order valence-corrected chi connectivity index (χ0v) is 22.0. The Hall–Kier alpha value is -3.56. The molecule has 3 aromatic heterocycles. The lowest BCUT2D eigenvalue weighted by atomic mass is 9.70. The van der Waals surface area contributed by atoms with Crippen LogP contribution in [0.15, 0.2) is 76.6 Å². The van der Waals surface area contributed by atoms with Crippen molar-refractivity contribution in [3.8, 4) is 5.88 Å². The first-order chi connectivity index (χ1) is 17.9. The lowest BCUT2D eigenvalue weighted by molar-refractivity contribution is -0.118. The number of para-hydroxylation sites is 1. The number of thiazole rings is 1. The van der Waals surface area contributed by atoms with Gasteiger partial charge >= 0.3 is 0 Å². The summed E-state index contributed by atoms with van der Waals surface area (Å²) in [4.78, 5) is 27.8. The molecule has 2 aliphatic rings. The minimum Gasteiger partial charge on any atom is -0.442 e. The lowest BCUT2D eigenvalue weighted by Gasteiger charge is -2.37. The quantitative estimate of drug-likeness (QED) is 0.259. The molecule has 9 heteroatoms. The van der Waals surface area contributed by atoms with Crippen molar-refractivity contribution in [3.63, 3.8) is 0 Å². The third-order valence-electron chi connectivity index (χ3n) is 6.84. The maximum absolute atomic E-state index is 13.5. The summed E-state index contributed by atoms with van der Waals surface area (Å²) in [6, 6.07) is 18.2. The van der Waals surface area contributed by atoms with Crippen LogP contribution in [0.2, 0.25) is 0 Å². The van der Waals surface area contributed by atoms with E-state index in [-0.39, 0.29) is 17.1 Å². The molecular formula is C28H23N5O2S2. The van der Waals surface area contributed by atoms with Crippen LogP contribution in [0.4, 0.5) is 0 Å². The number of carbonyl (C=O) groups excluding carboxylic acids is 1. The molecule has 5 aromatic rings. The van der Waals surface area contributed by atoms with E-state index in [1.54, 1.807) is 33.9 Å². The fraction of sp³-hybridized carbons (Fsp3) is 0.250. The van der Waals surface area contributed by atoms with Crippen LogP contribution < -0.4 is 4.74 Å². The molecular weight excluding hydrogens is 502 g/mol. The van der Waals surface area contributed by atoms with Gasteiger partial charge in [-0.15, -0.1) is 16.4 Å². The number of allylic oxidation sites excluding steroid dienone is 2. The number of carbonyl (C=O) groups is 1. The molecule has 0 spiro atoms. The van der Waals surface area contributed by atoms with E-state index in [9.17, 15) is 4.79 Å². The van der Waals surface area contributed by atoms with Gasteiger partial charge in [-0.25, -0.2) is 19.5 Å². The highest BCUT2D eigenvalue weighted by Gasteiger charge is 2.43. The Balaban J connectivity index is 1.30. The molecule has 0 amide bonds. The first-order valence-electron chi connectivity index (χ1n) is 12.2. The standard InChI is InChI=1S/C28H23N5O2S2/c1-28(2)12-18(34)23-19(13-28)35-26-24(22(23)16-8-4-3-5-9-16)25-31-21(32-33(25)15-29-26)14-36-27-30-17-10-6-7-11-20(17)37-27/h3-11,15,22H,12-14H2,1-2H3/t22-/m0/s1. The van der Waals surface area contributed by atoms with E-state index in [2.05, 4.69) is 37.0 Å². The number of aromatic nitrogens is 5. The maximum Gasteiger partial charge on any atom is 0.228 e. The first kappa shape index (κ1) is 22.6. The van der Waals surface area contributed by atoms with Crippen molar-refractivity contribution in [1.29, 1.82) is 0 Å². The number of rotatable bonds is 4. The van der Waals surface area contributed by atoms with Gasteiger partial charge in [-0.05, 0) is 23.1 Å². The van der Waals surface area contributed by atoms with Crippen molar-refractivity contribution in [2.24, 2.45) is 5.41 Å². The largest absolute Gasteiger partial charge is 0.442 e. The second-order valence-corrected chi connectivity index (χ2v) is 12.5. The number of benzene rings is 2. The second kappa shape index (κ2) is 8.49. The van der Waals surface area contributed by atoms with Gasteiger partial charge in [0.1, 0.15) is 12.1 Å². The molecule has 0 saturated carbocycles. The first-order valence-corrected chi connectivity index (χ1v) is 14.0. The zero-order chi connectivity index (χ0) is 25.1. The number of ketones is 1. The zero-order valence-electron chi connectivity index (χ0n) is 20.3. The summed E-state index contributed by atoms with van der Waals surface area (Å²) in [5.74, 6) is 2.32. The summed E-state index contributed by atoms with van der Waals surface area (Å²) in [6.07, 6.45) is 2.83. The number of hydrogen-bond acceptors (Lipinski definition) is 8. The third kappa shape index (κ3) is 3.93. The molecule has 0 saturated heterocycles. The van der Waals surface area contributed by atoms with Gasteiger partial charge in [-0.3, -0.25) is 4.79 Å². The molecule has 1 aliphatic heterocycles. The van der Waals surface area contributed by atoms with Crippen molar-refractivity contribution in [2.75, 3.05) is 0 Å². The van der Waals surface area contributed by atoms with E-state index in [4.69, 9.17) is 19.8 Å². The minimum atomic E-state index is -0.297. The molecule has 4 heterocycles. The number of thioether (sulfide) groups is 1. The topological polar surface area (TPSA) is 82.3 Å². The molecule has 7 rings (SSSR count). The molecule has 0 unspecified atom stereocenters. The van der Waals surface area contributed by atoms with Crippen LogP contribution in [0.3, 0.4) is 0 Å². The van der Waals surface area contributed by atoms with E-state index >= 15 is 0 Å². The van der Waals surface area contributed by atoms with Crippen LogP contribution in [-0.4, -0.2) is 30.3 Å². The average Bonchev–Trinajstić information content (AvgIpc) is 3.49. The highest BCUT2D eigenvalue weighted by Crippen LogP contribution is 2.50. The van der Waals surface area contributed by atoms with E-state index in [0.29, 0.717) is 35.9 Å². The Labute approximate surface area is 221 Å². The molecule has 1 atom stereocenters. The van der Waals surface area contributed by atoms with Gasteiger partial charge in [0.2, 0.25) is 5.88 Å². The average molecular weight is 526 g/mol. The number of nitrogens with zero attached hydrogens (tertiary/aromatic N) is 5. The fourth-order valence-electron chi connectivity index (χ4n) is 5.27. The van der Waals surface area contributed by atoms with Gasteiger partial charge in [-0.2, -0.15) is 0 Å². The Bertz CT molecular complexity index is 1690. The summed E-state index contributed by atoms with van der Waals surface area (Å²) in [5.41, 5.74) is 4.06. The second-order valence-electron chi connectivity index (χ2n) is 10.2. The number of hydrogen-bond donors (Lipinski definition) is 0. The van der Waals surface area contributed by atoms with Gasteiger partial charge < -0.3 is 4.74 Å². The van der Waals surface area contributed by atoms with Crippen molar-refractivity contribution >= 4 is 44.7 Å². The molecule has 7 nitrogen and oxygen atoms in total. The normalized spacial score (nSPS) is 18.6. The lowest BCUT2D eigenvalue weighted by Crippen LogP contribution is -2.33. The van der Waals surface area contributed by atoms with Gasteiger partial charge in [0, 0.05) is 24.3 Å². The van der Waals surface area contributed by atoms with Crippen LogP contribution in [0, 0.1) is 5.41 Å². The number of ether oxygens (including phenoxy) is 1. The van der Waals surface area contributed by atoms with Crippen LogP contribution in [0.25, 0.3) is 15.9 Å². The molecule has 0 fully saturated rings. The minimum absolute atomic E-state index is 0.124. The summed E-state index contributed by atoms with van der Waals surface area (Å²) in [5, 5.41) is 4.71. The van der Waals surface area contributed by atoms with Crippen LogP contribution in [0.5, 0.6) is 5.88 Å². The highest BCUT2D eigenvalue weighted by atomic mass is 32.2. The van der Waals surface area contributed by atoms with Crippen molar-refractivity contribution in [3.05, 3.63) is 89.2 Å². The molecule has 37 heavy (non-hydrogen) atoms. The predicted molar refractivity (Wildman–Crippen MR) is 144 cm³/mol. The molecule has 1 aliphatic carbocycles.